The first kappa shape index (κ1) is 5.26. The van der Waals surface area contributed by atoms with E-state index in [0.717, 1.165) is 4.96 Å². The predicted molar refractivity (Wildman–Crippen MR) is 38.1 cm³/mol. The molecule has 2 nitrogen and oxygen atoms in total. The summed E-state index contributed by atoms with van der Waals surface area (Å²) in [6, 6.07) is 0. The van der Waals surface area contributed by atoms with Crippen molar-refractivity contribution in [2.24, 2.45) is 0 Å². The van der Waals surface area contributed by atoms with Gasteiger partial charge in [0, 0.05) is 17.8 Å². The van der Waals surface area contributed by atoms with Crippen LogP contribution in [0.2, 0.25) is 5.15 Å². The summed E-state index contributed by atoms with van der Waals surface area (Å²) in [6.07, 6.45) is 3.71. The van der Waals surface area contributed by atoms with Crippen LogP contribution in [0.1, 0.15) is 0 Å². The van der Waals surface area contributed by atoms with Crippen LogP contribution in [-0.2, 0) is 0 Å². The molecule has 0 N–H and O–H groups in total. The highest BCUT2D eigenvalue weighted by Crippen LogP contribution is 2.13. The molecule has 0 fully saturated rings. The Morgan fingerprint density at radius 3 is 3.33 bits per heavy atom. The standard InChI is InChI=1S/C5H3ClN2S/c6-4-3-8-1-2-9-5(8)7-4/h1-3H. The Labute approximate surface area is 60.7 Å². The van der Waals surface area contributed by atoms with Crippen LogP contribution in [0, 0.1) is 0 Å². The molecule has 0 spiro atoms. The van der Waals surface area contributed by atoms with E-state index in [0.29, 0.717) is 5.15 Å². The van der Waals surface area contributed by atoms with Gasteiger partial charge in [-0.3, -0.25) is 4.40 Å². The van der Waals surface area contributed by atoms with Crippen LogP contribution in [-0.4, -0.2) is 9.38 Å². The van der Waals surface area contributed by atoms with Crippen LogP contribution in [0.3, 0.4) is 0 Å². The maximum absolute atomic E-state index is 5.60. The smallest absolute Gasteiger partial charge is 0.195 e. The Morgan fingerprint density at radius 1 is 1.67 bits per heavy atom. The molecule has 0 aliphatic heterocycles. The van der Waals surface area contributed by atoms with Crippen molar-refractivity contribution in [1.82, 2.24) is 9.38 Å². The molecule has 0 saturated heterocycles. The summed E-state index contributed by atoms with van der Waals surface area (Å²) in [6.45, 7) is 0. The summed E-state index contributed by atoms with van der Waals surface area (Å²) < 4.78 is 1.90. The minimum Gasteiger partial charge on any atom is -0.296 e. The van der Waals surface area contributed by atoms with E-state index in [9.17, 15) is 0 Å². The Bertz CT molecular complexity index is 296. The second kappa shape index (κ2) is 1.72. The molecule has 2 rings (SSSR count). The van der Waals surface area contributed by atoms with Crippen molar-refractivity contribution in [3.8, 4) is 0 Å². The SMILES string of the molecule is Clc1cn2ccsc2n1. The van der Waals surface area contributed by atoms with Crippen molar-refractivity contribution in [2.45, 2.75) is 0 Å². The van der Waals surface area contributed by atoms with Gasteiger partial charge in [0.2, 0.25) is 0 Å². The van der Waals surface area contributed by atoms with Gasteiger partial charge in [-0.25, -0.2) is 4.98 Å². The first-order chi connectivity index (χ1) is 4.36. The number of fused-ring (bicyclic) bond motifs is 1. The number of halogens is 1. The fraction of sp³-hybridized carbons (Fsp3) is 0. The Morgan fingerprint density at radius 2 is 2.56 bits per heavy atom. The molecule has 0 bridgehead atoms. The molecule has 0 unspecified atom stereocenters. The van der Waals surface area contributed by atoms with Gasteiger partial charge in [-0.15, -0.1) is 11.3 Å². The monoisotopic (exact) mass is 158 g/mol. The molecular formula is C5H3ClN2S. The second-order valence-corrected chi connectivity index (χ2v) is 2.92. The molecule has 0 aromatic carbocycles. The fourth-order valence-electron chi connectivity index (χ4n) is 0.699. The highest BCUT2D eigenvalue weighted by atomic mass is 35.5. The van der Waals surface area contributed by atoms with Crippen molar-refractivity contribution in [3.63, 3.8) is 0 Å². The summed E-state index contributed by atoms with van der Waals surface area (Å²) in [5.74, 6) is 0. The summed E-state index contributed by atoms with van der Waals surface area (Å²) in [7, 11) is 0. The Hall–Kier alpha value is -0.540. The summed E-state index contributed by atoms with van der Waals surface area (Å²) in [4.78, 5) is 4.96. The first-order valence-electron chi connectivity index (χ1n) is 2.44. The lowest BCUT2D eigenvalue weighted by Crippen LogP contribution is -1.66. The molecule has 0 amide bonds. The maximum Gasteiger partial charge on any atom is 0.195 e. The molecular weight excluding hydrogens is 156 g/mol. The number of thiazole rings is 1. The van der Waals surface area contributed by atoms with Crippen LogP contribution in [0.15, 0.2) is 17.8 Å². The lowest BCUT2D eigenvalue weighted by molar-refractivity contribution is 1.23. The lowest BCUT2D eigenvalue weighted by Gasteiger charge is -1.71. The molecule has 2 aromatic rings. The number of nitrogens with zero attached hydrogens (tertiary/aromatic N) is 2. The molecule has 2 aromatic heterocycles. The minimum absolute atomic E-state index is 0.557. The van der Waals surface area contributed by atoms with Crippen molar-refractivity contribution >= 4 is 27.9 Å². The van der Waals surface area contributed by atoms with E-state index in [-0.39, 0.29) is 0 Å². The number of aromatic nitrogens is 2. The fourth-order valence-corrected chi connectivity index (χ4v) is 1.63. The number of imidazole rings is 1. The highest BCUT2D eigenvalue weighted by molar-refractivity contribution is 7.15. The number of hydrogen-bond acceptors (Lipinski definition) is 2. The van der Waals surface area contributed by atoms with Gasteiger partial charge in [0.25, 0.3) is 0 Å². The molecule has 4 heteroatoms. The summed E-state index contributed by atoms with van der Waals surface area (Å²) in [5.41, 5.74) is 0. The Balaban J connectivity index is 2.92. The van der Waals surface area contributed by atoms with Crippen LogP contribution < -0.4 is 0 Å². The second-order valence-electron chi connectivity index (χ2n) is 1.66. The first-order valence-corrected chi connectivity index (χ1v) is 3.70. The third-order valence-electron chi connectivity index (χ3n) is 1.06. The summed E-state index contributed by atoms with van der Waals surface area (Å²) >= 11 is 7.17. The van der Waals surface area contributed by atoms with E-state index in [1.54, 1.807) is 17.5 Å². The van der Waals surface area contributed by atoms with E-state index in [1.165, 1.54) is 0 Å². The van der Waals surface area contributed by atoms with Gasteiger partial charge in [0.15, 0.2) is 4.96 Å². The van der Waals surface area contributed by atoms with E-state index in [1.807, 2.05) is 16.0 Å². The van der Waals surface area contributed by atoms with E-state index in [2.05, 4.69) is 4.98 Å². The topological polar surface area (TPSA) is 17.3 Å². The molecule has 0 atom stereocenters. The van der Waals surface area contributed by atoms with Gasteiger partial charge in [-0.1, -0.05) is 11.6 Å². The van der Waals surface area contributed by atoms with E-state index in [4.69, 9.17) is 11.6 Å². The zero-order valence-electron chi connectivity index (χ0n) is 4.41. The van der Waals surface area contributed by atoms with Crippen molar-refractivity contribution < 1.29 is 0 Å². The van der Waals surface area contributed by atoms with Crippen LogP contribution >= 0.6 is 22.9 Å². The molecule has 0 saturated carbocycles. The summed E-state index contributed by atoms with van der Waals surface area (Å²) in [5, 5.41) is 2.53. The largest absolute Gasteiger partial charge is 0.296 e. The van der Waals surface area contributed by atoms with Crippen molar-refractivity contribution in [2.75, 3.05) is 0 Å². The van der Waals surface area contributed by atoms with Crippen LogP contribution in [0.25, 0.3) is 4.96 Å². The van der Waals surface area contributed by atoms with Gasteiger partial charge in [0.05, 0.1) is 0 Å². The molecule has 0 aliphatic rings. The molecule has 0 aliphatic carbocycles. The van der Waals surface area contributed by atoms with Gasteiger partial charge < -0.3 is 0 Å². The number of hydrogen-bond donors (Lipinski definition) is 0. The van der Waals surface area contributed by atoms with Crippen molar-refractivity contribution in [1.29, 1.82) is 0 Å². The third kappa shape index (κ3) is 0.730. The van der Waals surface area contributed by atoms with Crippen molar-refractivity contribution in [3.05, 3.63) is 22.9 Å². The molecule has 0 radical (unpaired) electrons. The zero-order chi connectivity index (χ0) is 6.27. The molecule has 46 valence electrons. The Kier molecular flexibility index (Phi) is 1.00. The third-order valence-corrected chi connectivity index (χ3v) is 2.02. The minimum atomic E-state index is 0.557. The average Bonchev–Trinajstić information content (AvgIpc) is 2.22. The van der Waals surface area contributed by atoms with Crippen LogP contribution in [0.4, 0.5) is 0 Å². The maximum atomic E-state index is 5.60. The normalized spacial score (nSPS) is 10.8. The van der Waals surface area contributed by atoms with Gasteiger partial charge >= 0.3 is 0 Å². The van der Waals surface area contributed by atoms with Crippen LogP contribution in [0.5, 0.6) is 0 Å². The van der Waals surface area contributed by atoms with E-state index < -0.39 is 0 Å². The highest BCUT2D eigenvalue weighted by Gasteiger charge is 1.96. The zero-order valence-corrected chi connectivity index (χ0v) is 5.99. The molecule has 9 heavy (non-hydrogen) atoms. The van der Waals surface area contributed by atoms with Gasteiger partial charge in [-0.2, -0.15) is 0 Å². The lowest BCUT2D eigenvalue weighted by atomic mass is 10.9. The van der Waals surface area contributed by atoms with Gasteiger partial charge in [-0.05, 0) is 0 Å². The average molecular weight is 159 g/mol. The molecule has 2 heterocycles. The quantitative estimate of drug-likeness (QED) is 0.574. The van der Waals surface area contributed by atoms with E-state index >= 15 is 0 Å². The number of rotatable bonds is 0. The van der Waals surface area contributed by atoms with Gasteiger partial charge in [0.1, 0.15) is 5.15 Å². The predicted octanol–water partition coefficient (Wildman–Crippen LogP) is 2.05.